The van der Waals surface area contributed by atoms with Crippen LogP contribution in [0.2, 0.25) is 0 Å². The van der Waals surface area contributed by atoms with Crippen LogP contribution in [-0.4, -0.2) is 41.4 Å². The number of rotatable bonds is 7. The molecule has 4 rings (SSSR count). The van der Waals surface area contributed by atoms with E-state index in [0.29, 0.717) is 32.0 Å². The van der Waals surface area contributed by atoms with Gasteiger partial charge in [0.25, 0.3) is 5.56 Å². The molecule has 0 fully saturated rings. The lowest BCUT2D eigenvalue weighted by Crippen LogP contribution is -2.40. The van der Waals surface area contributed by atoms with Crippen molar-refractivity contribution in [1.82, 2.24) is 4.57 Å². The first-order valence-electron chi connectivity index (χ1n) is 11.2. The van der Waals surface area contributed by atoms with Gasteiger partial charge in [-0.05, 0) is 37.6 Å². The number of thiazole rings is 1. The fourth-order valence-corrected chi connectivity index (χ4v) is 5.70. The predicted octanol–water partition coefficient (Wildman–Crippen LogP) is 3.19. The predicted molar refractivity (Wildman–Crippen MR) is 142 cm³/mol. The number of aromatic hydroxyl groups is 1. The second-order valence-corrected chi connectivity index (χ2v) is 9.87. The Labute approximate surface area is 228 Å². The summed E-state index contributed by atoms with van der Waals surface area (Å²) >= 11 is 4.56. The Morgan fingerprint density at radius 1 is 1.29 bits per heavy atom. The van der Waals surface area contributed by atoms with Crippen LogP contribution < -0.4 is 24.4 Å². The van der Waals surface area contributed by atoms with Crippen molar-refractivity contribution >= 4 is 45.0 Å². The molecule has 0 saturated carbocycles. The number of carbonyl (C=O) groups excluding carboxylic acids is 1. The minimum Gasteiger partial charge on any atom is -0.502 e. The third kappa shape index (κ3) is 4.70. The summed E-state index contributed by atoms with van der Waals surface area (Å²) in [6.07, 6.45) is 1.36. The van der Waals surface area contributed by atoms with Crippen LogP contribution >= 0.6 is 27.3 Å². The van der Waals surface area contributed by atoms with E-state index in [1.807, 2.05) is 0 Å². The van der Waals surface area contributed by atoms with Crippen molar-refractivity contribution in [1.29, 1.82) is 0 Å². The number of para-hydroxylation sites is 1. The van der Waals surface area contributed by atoms with E-state index >= 15 is 0 Å². The van der Waals surface area contributed by atoms with Crippen LogP contribution in [0.15, 0.2) is 55.9 Å². The summed E-state index contributed by atoms with van der Waals surface area (Å²) < 4.78 is 18.2. The number of methoxy groups -OCH3 is 2. The molecular weight excluding hydrogens is 582 g/mol. The Hall–Kier alpha value is -3.97. The van der Waals surface area contributed by atoms with Crippen LogP contribution in [0.4, 0.5) is 5.69 Å². The number of nitro groups is 1. The summed E-state index contributed by atoms with van der Waals surface area (Å²) in [6, 6.07) is 6.42. The first kappa shape index (κ1) is 27.1. The summed E-state index contributed by atoms with van der Waals surface area (Å²) in [5.41, 5.74) is 0.137. The van der Waals surface area contributed by atoms with E-state index in [1.165, 1.54) is 37.0 Å². The molecule has 0 bridgehead atoms. The van der Waals surface area contributed by atoms with E-state index in [-0.39, 0.29) is 22.3 Å². The van der Waals surface area contributed by atoms with Gasteiger partial charge in [-0.1, -0.05) is 39.4 Å². The maximum absolute atomic E-state index is 13.8. The van der Waals surface area contributed by atoms with Crippen molar-refractivity contribution in [3.05, 3.63) is 87.0 Å². The average molecular weight is 604 g/mol. The Morgan fingerprint density at radius 2 is 1.97 bits per heavy atom. The molecule has 1 atom stereocenters. The molecule has 0 amide bonds. The number of benzene rings is 2. The normalized spacial score (nSPS) is 15.1. The second kappa shape index (κ2) is 10.8. The molecule has 1 aliphatic rings. The zero-order chi connectivity index (χ0) is 27.7. The lowest BCUT2D eigenvalue weighted by Gasteiger charge is -2.26. The molecule has 13 heteroatoms. The molecule has 2 aromatic carbocycles. The van der Waals surface area contributed by atoms with E-state index < -0.39 is 33.9 Å². The minimum absolute atomic E-state index is 0.0923. The van der Waals surface area contributed by atoms with Gasteiger partial charge in [-0.2, -0.15) is 0 Å². The minimum atomic E-state index is -0.944. The highest BCUT2D eigenvalue weighted by atomic mass is 79.9. The van der Waals surface area contributed by atoms with E-state index in [0.717, 1.165) is 17.4 Å². The third-order valence-electron chi connectivity index (χ3n) is 5.84. The molecule has 0 aliphatic carbocycles. The zero-order valence-electron chi connectivity index (χ0n) is 20.7. The van der Waals surface area contributed by atoms with Crippen LogP contribution in [0.3, 0.4) is 0 Å². The molecule has 3 aromatic rings. The molecule has 11 nitrogen and oxygen atoms in total. The maximum Gasteiger partial charge on any atom is 0.338 e. The van der Waals surface area contributed by atoms with Gasteiger partial charge in [0, 0.05) is 16.1 Å². The highest BCUT2D eigenvalue weighted by Crippen LogP contribution is 2.40. The third-order valence-corrected chi connectivity index (χ3v) is 7.51. The topological polar surface area (TPSA) is 142 Å². The van der Waals surface area contributed by atoms with Crippen LogP contribution in [0.1, 0.15) is 31.0 Å². The largest absolute Gasteiger partial charge is 0.502 e. The highest BCUT2D eigenvalue weighted by Gasteiger charge is 2.35. The zero-order valence-corrected chi connectivity index (χ0v) is 23.1. The van der Waals surface area contributed by atoms with Crippen molar-refractivity contribution in [3.8, 4) is 17.2 Å². The first-order chi connectivity index (χ1) is 18.1. The molecule has 1 aromatic heterocycles. The summed E-state index contributed by atoms with van der Waals surface area (Å²) in [7, 11) is 2.96. The quantitative estimate of drug-likeness (QED) is 0.246. The molecule has 0 unspecified atom stereocenters. The number of esters is 1. The molecule has 0 saturated heterocycles. The number of halogens is 1. The molecule has 0 spiro atoms. The molecule has 2 heterocycles. The summed E-state index contributed by atoms with van der Waals surface area (Å²) in [5, 5.41) is 21.7. The van der Waals surface area contributed by atoms with Gasteiger partial charge in [0.05, 0.1) is 47.6 Å². The number of fused-ring (bicyclic) bond motifs is 1. The molecular formula is C25H22BrN3O8S. The van der Waals surface area contributed by atoms with Crippen molar-refractivity contribution < 1.29 is 29.0 Å². The van der Waals surface area contributed by atoms with Gasteiger partial charge in [0.1, 0.15) is 0 Å². The van der Waals surface area contributed by atoms with Gasteiger partial charge in [0.2, 0.25) is 5.75 Å². The fourth-order valence-electron chi connectivity index (χ4n) is 4.12. The van der Waals surface area contributed by atoms with Gasteiger partial charge in [-0.3, -0.25) is 19.5 Å². The molecule has 198 valence electrons. The number of phenolic OH excluding ortho intramolecular Hbond substituents is 1. The number of nitro benzene ring substituents is 1. The molecule has 1 aliphatic heterocycles. The molecule has 0 radical (unpaired) electrons. The van der Waals surface area contributed by atoms with Crippen LogP contribution in [0.25, 0.3) is 6.08 Å². The van der Waals surface area contributed by atoms with E-state index in [1.54, 1.807) is 26.0 Å². The molecule has 38 heavy (non-hydrogen) atoms. The number of nitrogens with zero attached hydrogens (tertiary/aromatic N) is 3. The second-order valence-electron chi connectivity index (χ2n) is 8.00. The lowest BCUT2D eigenvalue weighted by atomic mass is 9.95. The number of hydrogen-bond acceptors (Lipinski definition) is 10. The molecule has 1 N–H and O–H groups in total. The lowest BCUT2D eigenvalue weighted by molar-refractivity contribution is -0.385. The number of allylic oxidation sites excluding steroid dienone is 1. The summed E-state index contributed by atoms with van der Waals surface area (Å²) in [5.74, 6) is -0.376. The SMILES string of the molecule is CCOC(=O)C1=C(C)N=c2sc(=Cc3cccc([N+](=O)[O-])c3O)c(=O)n2[C@H]1c1cc(OC)c(OC)cc1Br. The van der Waals surface area contributed by atoms with Crippen molar-refractivity contribution in [2.24, 2.45) is 4.99 Å². The van der Waals surface area contributed by atoms with Gasteiger partial charge in [0.15, 0.2) is 16.3 Å². The van der Waals surface area contributed by atoms with E-state index in [2.05, 4.69) is 20.9 Å². The van der Waals surface area contributed by atoms with E-state index in [9.17, 15) is 24.8 Å². The number of aromatic nitrogens is 1. The van der Waals surface area contributed by atoms with Gasteiger partial charge in [-0.25, -0.2) is 9.79 Å². The van der Waals surface area contributed by atoms with Crippen LogP contribution in [0, 0.1) is 10.1 Å². The Balaban J connectivity index is 2.02. The number of ether oxygens (including phenoxy) is 3. The first-order valence-corrected chi connectivity index (χ1v) is 12.8. The smallest absolute Gasteiger partial charge is 0.338 e. The van der Waals surface area contributed by atoms with Crippen LogP contribution in [0.5, 0.6) is 17.2 Å². The highest BCUT2D eigenvalue weighted by molar-refractivity contribution is 9.10. The average Bonchev–Trinajstić information content (AvgIpc) is 3.18. The van der Waals surface area contributed by atoms with Crippen molar-refractivity contribution in [2.75, 3.05) is 20.8 Å². The standard InChI is InChI=1S/C25H22BrN3O8S/c1-5-37-24(32)20-12(2)27-25-28(21(20)14-10-17(35-3)18(36-4)11-15(14)26)23(31)19(38-25)9-13-7-6-8-16(22(13)30)29(33)34/h6-11,21,30H,5H2,1-4H3/t21-/m0/s1. The van der Waals surface area contributed by atoms with Gasteiger partial charge >= 0.3 is 11.7 Å². The fraction of sp³-hybridized carbons (Fsp3) is 0.240. The van der Waals surface area contributed by atoms with Crippen LogP contribution in [-0.2, 0) is 9.53 Å². The maximum atomic E-state index is 13.8. The van der Waals surface area contributed by atoms with Crippen molar-refractivity contribution in [2.45, 2.75) is 19.9 Å². The van der Waals surface area contributed by atoms with Crippen molar-refractivity contribution in [3.63, 3.8) is 0 Å². The Kier molecular flexibility index (Phi) is 7.69. The monoisotopic (exact) mass is 603 g/mol. The van der Waals surface area contributed by atoms with Gasteiger partial charge in [-0.15, -0.1) is 0 Å². The number of hydrogen-bond donors (Lipinski definition) is 1. The Morgan fingerprint density at radius 3 is 2.61 bits per heavy atom. The summed E-state index contributed by atoms with van der Waals surface area (Å²) in [6.45, 7) is 3.44. The number of phenols is 1. The summed E-state index contributed by atoms with van der Waals surface area (Å²) in [4.78, 5) is 42.2. The Bertz CT molecular complexity index is 1670. The van der Waals surface area contributed by atoms with Gasteiger partial charge < -0.3 is 19.3 Å². The number of carbonyl (C=O) groups is 1. The van der Waals surface area contributed by atoms with E-state index in [4.69, 9.17) is 14.2 Å².